The van der Waals surface area contributed by atoms with Crippen molar-refractivity contribution < 1.29 is 9.13 Å². The van der Waals surface area contributed by atoms with Crippen LogP contribution < -0.4 is 5.56 Å². The predicted molar refractivity (Wildman–Crippen MR) is 103 cm³/mol. The number of nitrogens with zero attached hydrogens (tertiary/aromatic N) is 4. The van der Waals surface area contributed by atoms with Gasteiger partial charge < -0.3 is 4.74 Å². The summed E-state index contributed by atoms with van der Waals surface area (Å²) in [5, 5.41) is 0.543. The molecule has 1 aromatic carbocycles. The summed E-state index contributed by atoms with van der Waals surface area (Å²) < 4.78 is 20.6. The van der Waals surface area contributed by atoms with Gasteiger partial charge in [-0.1, -0.05) is 23.9 Å². The van der Waals surface area contributed by atoms with E-state index in [2.05, 4.69) is 15.0 Å². The zero-order valence-electron chi connectivity index (χ0n) is 15.3. The van der Waals surface area contributed by atoms with Crippen molar-refractivity contribution in [1.82, 2.24) is 19.5 Å². The molecule has 2 aromatic heterocycles. The number of ether oxygens (including phenoxy) is 1. The Kier molecular flexibility index (Phi) is 6.52. The van der Waals surface area contributed by atoms with Gasteiger partial charge in [0.1, 0.15) is 5.82 Å². The van der Waals surface area contributed by atoms with Crippen LogP contribution in [0.15, 0.2) is 46.6 Å². The molecular formula is C19H21FN4O2S. The number of hydrogen-bond donors (Lipinski definition) is 0. The third-order valence-corrected chi connectivity index (χ3v) is 4.84. The highest BCUT2D eigenvalue weighted by molar-refractivity contribution is 7.98. The van der Waals surface area contributed by atoms with Gasteiger partial charge in [0, 0.05) is 31.3 Å². The second kappa shape index (κ2) is 9.05. The molecule has 0 saturated heterocycles. The first-order valence-electron chi connectivity index (χ1n) is 8.75. The minimum atomic E-state index is -0.284. The van der Waals surface area contributed by atoms with Crippen molar-refractivity contribution in [2.24, 2.45) is 0 Å². The van der Waals surface area contributed by atoms with Crippen molar-refractivity contribution in [3.05, 3.63) is 58.4 Å². The van der Waals surface area contributed by atoms with Crippen molar-refractivity contribution in [2.45, 2.75) is 43.8 Å². The maximum atomic E-state index is 13.4. The van der Waals surface area contributed by atoms with Crippen LogP contribution in [0.1, 0.15) is 25.8 Å². The van der Waals surface area contributed by atoms with Crippen LogP contribution in [-0.2, 0) is 17.0 Å². The fraction of sp³-hybridized carbons (Fsp3) is 0.368. The summed E-state index contributed by atoms with van der Waals surface area (Å²) in [6, 6.07) is 6.40. The fourth-order valence-corrected chi connectivity index (χ4v) is 3.51. The lowest BCUT2D eigenvalue weighted by Gasteiger charge is -2.13. The van der Waals surface area contributed by atoms with Crippen LogP contribution in [0.25, 0.3) is 11.2 Å². The van der Waals surface area contributed by atoms with E-state index in [1.807, 2.05) is 19.9 Å². The van der Waals surface area contributed by atoms with Crippen molar-refractivity contribution in [1.29, 1.82) is 0 Å². The van der Waals surface area contributed by atoms with Crippen LogP contribution in [0.2, 0.25) is 0 Å². The highest BCUT2D eigenvalue weighted by atomic mass is 32.2. The lowest BCUT2D eigenvalue weighted by atomic mass is 10.2. The van der Waals surface area contributed by atoms with E-state index in [1.54, 1.807) is 10.6 Å². The second-order valence-corrected chi connectivity index (χ2v) is 7.21. The number of aromatic nitrogens is 4. The highest BCUT2D eigenvalue weighted by Crippen LogP contribution is 2.22. The molecule has 0 aliphatic rings. The summed E-state index contributed by atoms with van der Waals surface area (Å²) in [6.07, 6.45) is 3.82. The van der Waals surface area contributed by atoms with E-state index < -0.39 is 0 Å². The molecule has 2 heterocycles. The van der Waals surface area contributed by atoms with Crippen LogP contribution in [0.4, 0.5) is 4.39 Å². The first kappa shape index (κ1) is 19.4. The number of hydrogen-bond acceptors (Lipinski definition) is 6. The van der Waals surface area contributed by atoms with Gasteiger partial charge in [0.05, 0.1) is 6.10 Å². The average Bonchev–Trinajstić information content (AvgIpc) is 2.65. The summed E-state index contributed by atoms with van der Waals surface area (Å²) >= 11 is 1.38. The standard InChI is InChI=1S/C19H21FN4O2S/c1-13(2)26-10-4-9-24-18(25)16-17(22-8-7-21-16)23-19(24)27-12-14-5-3-6-15(20)11-14/h3,5-8,11,13H,4,9-10,12H2,1-2H3. The Morgan fingerprint density at radius 2 is 2.07 bits per heavy atom. The van der Waals surface area contributed by atoms with E-state index in [0.717, 1.165) is 5.56 Å². The molecular weight excluding hydrogens is 367 g/mol. The van der Waals surface area contributed by atoms with Crippen LogP contribution in [0.5, 0.6) is 0 Å². The average molecular weight is 388 g/mol. The van der Waals surface area contributed by atoms with E-state index in [9.17, 15) is 9.18 Å². The molecule has 6 nitrogen and oxygen atoms in total. The number of rotatable bonds is 8. The van der Waals surface area contributed by atoms with Gasteiger partial charge >= 0.3 is 0 Å². The molecule has 0 aliphatic carbocycles. The molecule has 27 heavy (non-hydrogen) atoms. The Morgan fingerprint density at radius 1 is 1.26 bits per heavy atom. The Balaban J connectivity index is 1.86. The molecule has 3 rings (SSSR count). The molecule has 0 spiro atoms. The van der Waals surface area contributed by atoms with Gasteiger partial charge in [-0.05, 0) is 38.0 Å². The topological polar surface area (TPSA) is 69.9 Å². The zero-order valence-corrected chi connectivity index (χ0v) is 16.1. The molecule has 0 radical (unpaired) electrons. The van der Waals surface area contributed by atoms with Crippen LogP contribution in [0.3, 0.4) is 0 Å². The normalized spacial score (nSPS) is 11.4. The van der Waals surface area contributed by atoms with Gasteiger partial charge in [-0.15, -0.1) is 0 Å². The van der Waals surface area contributed by atoms with Gasteiger partial charge in [0.15, 0.2) is 16.3 Å². The fourth-order valence-electron chi connectivity index (χ4n) is 2.55. The Labute approximate surface area is 160 Å². The summed E-state index contributed by atoms with van der Waals surface area (Å²) in [4.78, 5) is 25.6. The summed E-state index contributed by atoms with van der Waals surface area (Å²) in [5.74, 6) is 0.215. The maximum absolute atomic E-state index is 13.4. The van der Waals surface area contributed by atoms with Crippen molar-refractivity contribution in [2.75, 3.05) is 6.61 Å². The summed E-state index contributed by atoms with van der Waals surface area (Å²) in [7, 11) is 0. The Bertz CT molecular complexity index is 977. The van der Waals surface area contributed by atoms with Crippen LogP contribution in [0, 0.1) is 5.82 Å². The quantitative estimate of drug-likeness (QED) is 0.334. The van der Waals surface area contributed by atoms with E-state index in [4.69, 9.17) is 4.74 Å². The summed E-state index contributed by atoms with van der Waals surface area (Å²) in [5.41, 5.74) is 1.17. The first-order chi connectivity index (χ1) is 13.0. The number of halogens is 1. The van der Waals surface area contributed by atoms with E-state index in [-0.39, 0.29) is 23.0 Å². The van der Waals surface area contributed by atoms with E-state index in [1.165, 1.54) is 36.3 Å². The molecule has 8 heteroatoms. The van der Waals surface area contributed by atoms with Crippen molar-refractivity contribution in [3.8, 4) is 0 Å². The van der Waals surface area contributed by atoms with Crippen LogP contribution >= 0.6 is 11.8 Å². The van der Waals surface area contributed by atoms with Gasteiger partial charge in [-0.3, -0.25) is 9.36 Å². The lowest BCUT2D eigenvalue weighted by Crippen LogP contribution is -2.25. The monoisotopic (exact) mass is 388 g/mol. The predicted octanol–water partition coefficient (Wildman–Crippen LogP) is 3.43. The molecule has 0 saturated carbocycles. The van der Waals surface area contributed by atoms with Gasteiger partial charge in [0.2, 0.25) is 0 Å². The SMILES string of the molecule is CC(C)OCCCn1c(SCc2cccc(F)c2)nc2nccnc2c1=O. The van der Waals surface area contributed by atoms with Crippen LogP contribution in [-0.4, -0.2) is 32.2 Å². The molecule has 0 bridgehead atoms. The first-order valence-corrected chi connectivity index (χ1v) is 9.73. The minimum absolute atomic E-state index is 0.143. The molecule has 0 amide bonds. The summed E-state index contributed by atoms with van der Waals surface area (Å²) in [6.45, 7) is 4.96. The lowest BCUT2D eigenvalue weighted by molar-refractivity contribution is 0.0743. The third kappa shape index (κ3) is 5.11. The zero-order chi connectivity index (χ0) is 19.2. The van der Waals surface area contributed by atoms with Gasteiger partial charge in [-0.25, -0.2) is 19.3 Å². The van der Waals surface area contributed by atoms with E-state index in [0.29, 0.717) is 36.1 Å². The molecule has 0 aliphatic heterocycles. The largest absolute Gasteiger partial charge is 0.379 e. The van der Waals surface area contributed by atoms with Crippen molar-refractivity contribution in [3.63, 3.8) is 0 Å². The van der Waals surface area contributed by atoms with E-state index >= 15 is 0 Å². The molecule has 0 N–H and O–H groups in total. The van der Waals surface area contributed by atoms with Gasteiger partial charge in [0.25, 0.3) is 5.56 Å². The third-order valence-electron chi connectivity index (χ3n) is 3.79. The number of benzene rings is 1. The molecule has 0 atom stereocenters. The minimum Gasteiger partial charge on any atom is -0.379 e. The van der Waals surface area contributed by atoms with Crippen molar-refractivity contribution >= 4 is 22.9 Å². The number of fused-ring (bicyclic) bond motifs is 1. The molecule has 3 aromatic rings. The smallest absolute Gasteiger partial charge is 0.282 e. The molecule has 142 valence electrons. The molecule has 0 unspecified atom stereocenters. The maximum Gasteiger partial charge on any atom is 0.282 e. The Morgan fingerprint density at radius 3 is 2.85 bits per heavy atom. The highest BCUT2D eigenvalue weighted by Gasteiger charge is 2.13. The molecule has 0 fully saturated rings. The van der Waals surface area contributed by atoms with Gasteiger partial charge in [-0.2, -0.15) is 0 Å². The second-order valence-electron chi connectivity index (χ2n) is 6.27. The Hall–Kier alpha value is -2.32. The number of thioether (sulfide) groups is 1.